The monoisotopic (exact) mass is 918 g/mol. The first kappa shape index (κ1) is 53.4. The second-order valence-corrected chi connectivity index (χ2v) is 18.9. The lowest BCUT2D eigenvalue weighted by atomic mass is 9.90. The van der Waals surface area contributed by atoms with E-state index in [1.54, 1.807) is 0 Å². The van der Waals surface area contributed by atoms with Crippen LogP contribution in [0.5, 0.6) is 0 Å². The smallest absolute Gasteiger partial charge is 0.407 e. The highest BCUT2D eigenvalue weighted by Crippen LogP contribution is 2.33. The summed E-state index contributed by atoms with van der Waals surface area (Å²) in [5.74, 6) is 6.29. The van der Waals surface area contributed by atoms with Gasteiger partial charge in [0.15, 0.2) is 0 Å². The van der Waals surface area contributed by atoms with Gasteiger partial charge in [-0.1, -0.05) is 198 Å². The Labute approximate surface area is 402 Å². The van der Waals surface area contributed by atoms with Gasteiger partial charge in [-0.2, -0.15) is 0 Å². The summed E-state index contributed by atoms with van der Waals surface area (Å²) in [5, 5.41) is 14.6. The van der Waals surface area contributed by atoms with Gasteiger partial charge in [-0.15, -0.1) is 5.92 Å². The van der Waals surface area contributed by atoms with Gasteiger partial charge < -0.3 is 38.8 Å². The van der Waals surface area contributed by atoms with Crippen molar-refractivity contribution in [2.45, 2.75) is 192 Å². The molecule has 1 amide bonds. The molecule has 9 heteroatoms. The lowest BCUT2D eigenvalue weighted by Gasteiger charge is -2.46. The van der Waals surface area contributed by atoms with Gasteiger partial charge in [0.2, 0.25) is 0 Å². The van der Waals surface area contributed by atoms with Crippen molar-refractivity contribution < 1.29 is 38.3 Å². The van der Waals surface area contributed by atoms with Gasteiger partial charge in [0.25, 0.3) is 0 Å². The van der Waals surface area contributed by atoms with Gasteiger partial charge in [0, 0.05) is 6.42 Å². The zero-order valence-corrected chi connectivity index (χ0v) is 40.8. The summed E-state index contributed by atoms with van der Waals surface area (Å²) in [6, 6.07) is 39.5. The Morgan fingerprint density at radius 1 is 0.612 bits per heavy atom. The van der Waals surface area contributed by atoms with Crippen molar-refractivity contribution in [3.63, 3.8) is 0 Å². The number of ether oxygens (including phenoxy) is 6. The van der Waals surface area contributed by atoms with Crippen LogP contribution in [0, 0.1) is 11.8 Å². The third kappa shape index (κ3) is 21.1. The molecule has 5 rings (SSSR count). The van der Waals surface area contributed by atoms with Crippen LogP contribution >= 0.6 is 0 Å². The minimum atomic E-state index is -1.13. The minimum absolute atomic E-state index is 0.230. The topological polar surface area (TPSA) is 105 Å². The summed E-state index contributed by atoms with van der Waals surface area (Å²) >= 11 is 0. The van der Waals surface area contributed by atoms with Gasteiger partial charge in [-0.3, -0.25) is 0 Å². The average Bonchev–Trinajstić information content (AvgIpc) is 3.33. The van der Waals surface area contributed by atoms with Crippen molar-refractivity contribution >= 4 is 6.09 Å². The summed E-state index contributed by atoms with van der Waals surface area (Å²) in [6.45, 7) is 9.31. The second-order valence-electron chi connectivity index (χ2n) is 18.9. The first-order chi connectivity index (χ1) is 32.7. The highest BCUT2D eigenvalue weighted by molar-refractivity contribution is 5.68. The molecule has 9 nitrogen and oxygen atoms in total. The number of hydrogen-bond donors (Lipinski definition) is 2. The largest absolute Gasteiger partial charge is 0.444 e. The van der Waals surface area contributed by atoms with E-state index in [0.29, 0.717) is 45.7 Å². The number of carbonyl (C=O) groups is 1. The van der Waals surface area contributed by atoms with Crippen molar-refractivity contribution in [2.75, 3.05) is 6.61 Å². The molecular weight excluding hydrogens is 839 g/mol. The SMILES string of the molecule is CCCCCCCCCCCCCC#C[C@H](O)[C@H](CC[C@@H]1O[C@H](COCc2ccccc2)[C@H](OCc2ccccc2)[C@H](OCc2ccccc2)[C@H]1OCc1ccccc1)NC(=O)OC(C)(C)C. The molecule has 4 aromatic rings. The lowest BCUT2D eigenvalue weighted by Crippen LogP contribution is -2.61. The molecule has 1 heterocycles. The Morgan fingerprint density at radius 2 is 1.04 bits per heavy atom. The van der Waals surface area contributed by atoms with Crippen molar-refractivity contribution in [3.8, 4) is 11.8 Å². The highest BCUT2D eigenvalue weighted by Gasteiger charge is 2.48. The quantitative estimate of drug-likeness (QED) is 0.0410. The van der Waals surface area contributed by atoms with Gasteiger partial charge >= 0.3 is 6.09 Å². The molecule has 2 N–H and O–H groups in total. The fourth-order valence-corrected chi connectivity index (χ4v) is 8.38. The van der Waals surface area contributed by atoms with Crippen molar-refractivity contribution in [1.29, 1.82) is 0 Å². The first-order valence-corrected chi connectivity index (χ1v) is 25.1. The van der Waals surface area contributed by atoms with Crippen molar-refractivity contribution in [2.24, 2.45) is 0 Å². The van der Waals surface area contributed by atoms with E-state index >= 15 is 0 Å². The van der Waals surface area contributed by atoms with Crippen LogP contribution < -0.4 is 5.32 Å². The fraction of sp³-hybridized carbons (Fsp3) is 0.534. The lowest BCUT2D eigenvalue weighted by molar-refractivity contribution is -0.273. The first-order valence-electron chi connectivity index (χ1n) is 25.1. The maximum Gasteiger partial charge on any atom is 0.407 e. The third-order valence-electron chi connectivity index (χ3n) is 12.0. The molecule has 0 unspecified atom stereocenters. The molecule has 1 saturated heterocycles. The normalized spacial score (nSPS) is 19.2. The number of carbonyl (C=O) groups excluding carboxylic acids is 1. The van der Waals surface area contributed by atoms with E-state index in [2.05, 4.69) is 24.1 Å². The standard InChI is InChI=1S/C58H79NO8/c1-5-6-7-8-9-10-11-12-13-14-15-16-29-38-51(60)50(59-57(61)67-58(2,3)4)39-40-52-54(63-42-47-32-23-18-24-33-47)56(65-44-49-36-27-20-28-37-49)55(64-43-48-34-25-19-26-35-48)53(66-52)45-62-41-46-30-21-17-22-31-46/h17-28,30-37,50-56,60H,5-16,39-45H2,1-4H3,(H,59,61)/t50-,51-,52-,53+,54-,55-,56+/m0/s1. The van der Waals surface area contributed by atoms with Crippen LogP contribution in [-0.4, -0.2) is 66.1 Å². The molecule has 1 fully saturated rings. The Bertz CT molecular complexity index is 1950. The van der Waals surface area contributed by atoms with Crippen LogP contribution in [-0.2, 0) is 54.8 Å². The maximum absolute atomic E-state index is 13.3. The van der Waals surface area contributed by atoms with E-state index in [1.807, 2.05) is 142 Å². The van der Waals surface area contributed by atoms with E-state index in [1.165, 1.54) is 57.8 Å². The number of rotatable bonds is 29. The summed E-state index contributed by atoms with van der Waals surface area (Å²) in [4.78, 5) is 13.3. The molecule has 67 heavy (non-hydrogen) atoms. The predicted molar refractivity (Wildman–Crippen MR) is 267 cm³/mol. The highest BCUT2D eigenvalue weighted by atomic mass is 16.6. The molecule has 0 spiro atoms. The Hall–Kier alpha value is -4.53. The number of unbranched alkanes of at least 4 members (excludes halogenated alkanes) is 11. The summed E-state index contributed by atoms with van der Waals surface area (Å²) in [6.07, 6.45) is 10.6. The molecule has 1 aliphatic heterocycles. The number of alkyl carbamates (subject to hydrolysis) is 1. The number of nitrogens with one attached hydrogen (secondary N) is 1. The number of hydrogen-bond acceptors (Lipinski definition) is 8. The van der Waals surface area contributed by atoms with Gasteiger partial charge in [-0.05, 0) is 62.3 Å². The van der Waals surface area contributed by atoms with E-state index in [0.717, 1.165) is 35.1 Å². The fourth-order valence-electron chi connectivity index (χ4n) is 8.38. The van der Waals surface area contributed by atoms with Crippen LogP contribution in [0.1, 0.15) is 140 Å². The second kappa shape index (κ2) is 30.8. The van der Waals surface area contributed by atoms with E-state index in [-0.39, 0.29) is 6.61 Å². The number of aliphatic hydroxyl groups excluding tert-OH is 1. The molecule has 0 bridgehead atoms. The summed E-state index contributed by atoms with van der Waals surface area (Å²) < 4.78 is 39.9. The van der Waals surface area contributed by atoms with Crippen molar-refractivity contribution in [3.05, 3.63) is 144 Å². The van der Waals surface area contributed by atoms with Crippen LogP contribution in [0.15, 0.2) is 121 Å². The molecular formula is C58H79NO8. The zero-order valence-electron chi connectivity index (χ0n) is 40.8. The van der Waals surface area contributed by atoms with Crippen LogP contribution in [0.25, 0.3) is 0 Å². The molecule has 0 radical (unpaired) electrons. The van der Waals surface area contributed by atoms with E-state index < -0.39 is 54.4 Å². The van der Waals surface area contributed by atoms with Gasteiger partial charge in [-0.25, -0.2) is 4.79 Å². The van der Waals surface area contributed by atoms with Crippen molar-refractivity contribution in [1.82, 2.24) is 5.32 Å². The average molecular weight is 918 g/mol. The number of aliphatic hydroxyl groups is 1. The minimum Gasteiger partial charge on any atom is -0.444 e. The Kier molecular flexibility index (Phi) is 24.5. The summed E-state index contributed by atoms with van der Waals surface area (Å²) in [5.41, 5.74) is 3.36. The van der Waals surface area contributed by atoms with E-state index in [4.69, 9.17) is 28.4 Å². The Morgan fingerprint density at radius 3 is 1.52 bits per heavy atom. The molecule has 0 aliphatic carbocycles. The molecule has 364 valence electrons. The van der Waals surface area contributed by atoms with Gasteiger partial charge in [0.1, 0.15) is 36.1 Å². The maximum atomic E-state index is 13.3. The summed E-state index contributed by atoms with van der Waals surface area (Å²) in [7, 11) is 0. The number of benzene rings is 4. The molecule has 0 saturated carbocycles. The predicted octanol–water partition coefficient (Wildman–Crippen LogP) is 12.5. The van der Waals surface area contributed by atoms with E-state index in [9.17, 15) is 9.90 Å². The molecule has 7 atom stereocenters. The van der Waals surface area contributed by atoms with Crippen LogP contribution in [0.3, 0.4) is 0 Å². The third-order valence-corrected chi connectivity index (χ3v) is 12.0. The van der Waals surface area contributed by atoms with Gasteiger partial charge in [0.05, 0.1) is 45.2 Å². The molecule has 4 aromatic carbocycles. The molecule has 0 aromatic heterocycles. The van der Waals surface area contributed by atoms with Crippen LogP contribution in [0.2, 0.25) is 0 Å². The Balaban J connectivity index is 1.36. The zero-order chi connectivity index (χ0) is 47.4. The molecule has 1 aliphatic rings. The van der Waals surface area contributed by atoms with Crippen LogP contribution in [0.4, 0.5) is 4.79 Å². The number of amides is 1.